The van der Waals surface area contributed by atoms with Gasteiger partial charge in [0.25, 0.3) is 0 Å². The molecule has 0 atom stereocenters. The van der Waals surface area contributed by atoms with E-state index in [9.17, 15) is 4.79 Å². The van der Waals surface area contributed by atoms with Crippen molar-refractivity contribution in [2.45, 2.75) is 6.54 Å². The molecule has 4 nitrogen and oxygen atoms in total. The molecule has 0 aliphatic rings. The number of carbonyl (C=O) groups is 1. The number of hydrogen-bond donors (Lipinski definition) is 1. The smallest absolute Gasteiger partial charge is 0.291 e. The van der Waals surface area contributed by atoms with Gasteiger partial charge in [0.2, 0.25) is 0 Å². The fraction of sp³-hybridized carbons (Fsp3) is 0.111. The molecule has 3 rings (SSSR count). The van der Waals surface area contributed by atoms with Crippen LogP contribution in [0.25, 0.3) is 11.3 Å². The van der Waals surface area contributed by atoms with Crippen LogP contribution < -0.4 is 10.3 Å². The maximum Gasteiger partial charge on any atom is 0.355 e. The van der Waals surface area contributed by atoms with Crippen LogP contribution in [0.3, 0.4) is 0 Å². The van der Waals surface area contributed by atoms with Crippen LogP contribution in [0.15, 0.2) is 53.1 Å². The molecule has 0 saturated carbocycles. The topological polar surface area (TPSA) is 51.9 Å². The van der Waals surface area contributed by atoms with Crippen molar-refractivity contribution in [2.24, 2.45) is 7.05 Å². The Morgan fingerprint density at radius 1 is 1.20 bits per heavy atom. The van der Waals surface area contributed by atoms with Crippen molar-refractivity contribution < 1.29 is 9.36 Å². The molecule has 3 aromatic rings. The second kappa shape index (κ2) is 7.20. The van der Waals surface area contributed by atoms with E-state index in [0.29, 0.717) is 21.6 Å². The minimum Gasteiger partial charge on any atom is -0.291 e. The lowest BCUT2D eigenvalue weighted by Gasteiger charge is -2.01. The zero-order chi connectivity index (χ0) is 18.1. The molecule has 0 spiro atoms. The molecule has 7 heteroatoms. The molecule has 0 aliphatic carbocycles. The Kier molecular flexibility index (Phi) is 5.18. The van der Waals surface area contributed by atoms with Crippen molar-refractivity contribution in [3.05, 3.63) is 68.7 Å². The van der Waals surface area contributed by atoms with Crippen LogP contribution in [0.4, 0.5) is 5.95 Å². The van der Waals surface area contributed by atoms with Crippen molar-refractivity contribution >= 4 is 50.9 Å². The molecule has 128 valence electrons. The quantitative estimate of drug-likeness (QED) is 0.480. The SMILES string of the molecule is Cn1c(-c2ccc(Cl)c(Cl)c2)c[n+](CC(=O)c2cccc(Br)c2)c1N. The van der Waals surface area contributed by atoms with E-state index < -0.39 is 0 Å². The molecule has 0 fully saturated rings. The van der Waals surface area contributed by atoms with Gasteiger partial charge in [-0.15, -0.1) is 0 Å². The highest BCUT2D eigenvalue weighted by Crippen LogP contribution is 2.28. The van der Waals surface area contributed by atoms with Crippen LogP contribution in [0, 0.1) is 0 Å². The van der Waals surface area contributed by atoms with Crippen molar-refractivity contribution in [3.63, 3.8) is 0 Å². The monoisotopic (exact) mass is 438 g/mol. The lowest BCUT2D eigenvalue weighted by atomic mass is 10.1. The van der Waals surface area contributed by atoms with Crippen molar-refractivity contribution in [1.29, 1.82) is 0 Å². The zero-order valence-corrected chi connectivity index (χ0v) is 16.4. The molecule has 0 unspecified atom stereocenters. The number of anilines is 1. The normalized spacial score (nSPS) is 10.9. The van der Waals surface area contributed by atoms with Gasteiger partial charge < -0.3 is 0 Å². The standard InChI is InChI=1S/C18H14BrCl2N3O/c1-23-16(11-5-6-14(20)15(21)8-11)9-24(18(23)22)10-17(25)12-3-2-4-13(19)7-12/h2-9,22H,10H2,1H3/p+1. The number of imidazole rings is 1. The van der Waals surface area contributed by atoms with Crippen LogP contribution in [0.2, 0.25) is 10.0 Å². The van der Waals surface area contributed by atoms with Crippen molar-refractivity contribution in [1.82, 2.24) is 4.57 Å². The van der Waals surface area contributed by atoms with E-state index >= 15 is 0 Å². The number of nitrogen functional groups attached to an aromatic ring is 1. The molecule has 25 heavy (non-hydrogen) atoms. The van der Waals surface area contributed by atoms with Crippen LogP contribution in [0.1, 0.15) is 10.4 Å². The van der Waals surface area contributed by atoms with Crippen LogP contribution >= 0.6 is 39.1 Å². The zero-order valence-electron chi connectivity index (χ0n) is 13.3. The predicted octanol–water partition coefficient (Wildman–Crippen LogP) is 4.51. The Balaban J connectivity index is 1.93. The summed E-state index contributed by atoms with van der Waals surface area (Å²) >= 11 is 15.5. The maximum absolute atomic E-state index is 12.5. The van der Waals surface area contributed by atoms with Gasteiger partial charge in [-0.25, -0.2) is 9.13 Å². The molecule has 1 aromatic heterocycles. The van der Waals surface area contributed by atoms with Gasteiger partial charge in [0.05, 0.1) is 17.1 Å². The molecule has 1 heterocycles. The number of carbonyl (C=O) groups excluding carboxylic acids is 1. The average Bonchev–Trinajstić information content (AvgIpc) is 2.86. The van der Waals surface area contributed by atoms with Gasteiger partial charge in [0.15, 0.2) is 5.78 Å². The first-order valence-corrected chi connectivity index (χ1v) is 9.00. The molecule has 2 aromatic carbocycles. The number of rotatable bonds is 4. The fourth-order valence-electron chi connectivity index (χ4n) is 2.57. The molecule has 0 bridgehead atoms. The summed E-state index contributed by atoms with van der Waals surface area (Å²) in [5.74, 6) is 0.453. The number of aromatic nitrogens is 2. The largest absolute Gasteiger partial charge is 0.355 e. The van der Waals surface area contributed by atoms with E-state index in [-0.39, 0.29) is 12.3 Å². The first-order chi connectivity index (χ1) is 11.9. The van der Waals surface area contributed by atoms with Crippen molar-refractivity contribution in [3.8, 4) is 11.3 Å². The lowest BCUT2D eigenvalue weighted by molar-refractivity contribution is -0.667. The summed E-state index contributed by atoms with van der Waals surface area (Å²) in [7, 11) is 1.84. The second-order valence-corrected chi connectivity index (χ2v) is 7.35. The first kappa shape index (κ1) is 18.0. The Labute approximate surface area is 163 Å². The average molecular weight is 440 g/mol. The molecule has 2 N–H and O–H groups in total. The minimum absolute atomic E-state index is 0.0238. The Hall–Kier alpha value is -1.82. The van der Waals surface area contributed by atoms with E-state index in [1.54, 1.807) is 28.8 Å². The summed E-state index contributed by atoms with van der Waals surface area (Å²) in [6.45, 7) is 0.150. The van der Waals surface area contributed by atoms with Gasteiger partial charge in [-0.05, 0) is 30.3 Å². The molecule has 0 saturated heterocycles. The van der Waals surface area contributed by atoms with E-state index in [1.807, 2.05) is 36.0 Å². The van der Waals surface area contributed by atoms with Crippen LogP contribution in [-0.4, -0.2) is 10.4 Å². The second-order valence-electron chi connectivity index (χ2n) is 5.62. The highest BCUT2D eigenvalue weighted by atomic mass is 79.9. The minimum atomic E-state index is -0.0238. The maximum atomic E-state index is 12.5. The summed E-state index contributed by atoms with van der Waals surface area (Å²) < 4.78 is 4.40. The third-order valence-electron chi connectivity index (χ3n) is 3.95. The molecular formula is C18H15BrCl2N3O+. The highest BCUT2D eigenvalue weighted by molar-refractivity contribution is 9.10. The summed E-state index contributed by atoms with van der Waals surface area (Å²) in [5.41, 5.74) is 8.51. The Bertz CT molecular complexity index is 969. The number of benzene rings is 2. The Morgan fingerprint density at radius 3 is 2.64 bits per heavy atom. The molecular weight excluding hydrogens is 425 g/mol. The van der Waals surface area contributed by atoms with Gasteiger partial charge in [-0.2, -0.15) is 0 Å². The Morgan fingerprint density at radius 2 is 1.96 bits per heavy atom. The third-order valence-corrected chi connectivity index (χ3v) is 5.19. The molecule has 0 radical (unpaired) electrons. The molecule has 0 amide bonds. The number of Topliss-reactive ketones (excluding diaryl/α,β-unsaturated/α-hetero) is 1. The van der Waals surface area contributed by atoms with Crippen molar-refractivity contribution in [2.75, 3.05) is 5.73 Å². The number of nitrogens with two attached hydrogens (primary N) is 1. The first-order valence-electron chi connectivity index (χ1n) is 7.45. The van der Waals surface area contributed by atoms with Gasteiger partial charge >= 0.3 is 5.95 Å². The predicted molar refractivity (Wildman–Crippen MR) is 104 cm³/mol. The van der Waals surface area contributed by atoms with Gasteiger partial charge in [-0.1, -0.05) is 51.3 Å². The van der Waals surface area contributed by atoms with E-state index in [4.69, 9.17) is 28.9 Å². The van der Waals surface area contributed by atoms with Crippen LogP contribution in [0.5, 0.6) is 0 Å². The third kappa shape index (κ3) is 3.73. The fourth-order valence-corrected chi connectivity index (χ4v) is 3.27. The number of halogens is 3. The number of hydrogen-bond acceptors (Lipinski definition) is 2. The summed E-state index contributed by atoms with van der Waals surface area (Å²) in [6.07, 6.45) is 1.84. The summed E-state index contributed by atoms with van der Waals surface area (Å²) in [5, 5.41) is 0.959. The van der Waals surface area contributed by atoms with Gasteiger partial charge in [0, 0.05) is 15.6 Å². The van der Waals surface area contributed by atoms with Crippen LogP contribution in [-0.2, 0) is 13.6 Å². The summed E-state index contributed by atoms with van der Waals surface area (Å²) in [6, 6.07) is 12.7. The summed E-state index contributed by atoms with van der Waals surface area (Å²) in [4.78, 5) is 12.5. The number of ketones is 1. The van der Waals surface area contributed by atoms with Gasteiger partial charge in [-0.3, -0.25) is 10.5 Å². The van der Waals surface area contributed by atoms with E-state index in [0.717, 1.165) is 15.7 Å². The van der Waals surface area contributed by atoms with Gasteiger partial charge in [0.1, 0.15) is 18.4 Å². The number of nitrogens with zero attached hydrogens (tertiary/aromatic N) is 2. The lowest BCUT2D eigenvalue weighted by Crippen LogP contribution is -2.39. The van der Waals surface area contributed by atoms with E-state index in [1.165, 1.54) is 0 Å². The molecule has 0 aliphatic heterocycles. The highest BCUT2D eigenvalue weighted by Gasteiger charge is 2.20. The van der Waals surface area contributed by atoms with E-state index in [2.05, 4.69) is 15.9 Å².